The van der Waals surface area contributed by atoms with Crippen molar-refractivity contribution in [2.24, 2.45) is 5.92 Å². The molecule has 0 atom stereocenters. The van der Waals surface area contributed by atoms with Crippen LogP contribution in [0.5, 0.6) is 0 Å². The fourth-order valence-electron chi connectivity index (χ4n) is 3.51. The zero-order valence-electron chi connectivity index (χ0n) is 15.6. The fraction of sp³-hybridized carbons (Fsp3) is 0.471. The Labute approximate surface area is 166 Å². The van der Waals surface area contributed by atoms with Crippen LogP contribution in [0.2, 0.25) is 0 Å². The van der Waals surface area contributed by atoms with Crippen LogP contribution < -0.4 is 5.32 Å². The number of amides is 1. The minimum absolute atomic E-state index is 0.0641. The van der Waals surface area contributed by atoms with E-state index >= 15 is 0 Å². The van der Waals surface area contributed by atoms with Crippen molar-refractivity contribution in [2.75, 3.05) is 13.1 Å². The number of carbonyl (C=O) groups excluding carboxylic acids is 1. The van der Waals surface area contributed by atoms with Crippen LogP contribution in [-0.2, 0) is 21.4 Å². The molecule has 0 unspecified atom stereocenters. The summed E-state index contributed by atoms with van der Waals surface area (Å²) < 4.78 is 34.0. The number of thiazole rings is 1. The van der Waals surface area contributed by atoms with Gasteiger partial charge in [-0.05, 0) is 26.7 Å². The van der Waals surface area contributed by atoms with Gasteiger partial charge in [-0.25, -0.2) is 13.4 Å². The first-order valence-electron chi connectivity index (χ1n) is 8.98. The number of imidazole rings is 1. The van der Waals surface area contributed by atoms with Gasteiger partial charge in [0.2, 0.25) is 15.9 Å². The smallest absolute Gasteiger partial charge is 0.248 e. The zero-order chi connectivity index (χ0) is 19.9. The summed E-state index contributed by atoms with van der Waals surface area (Å²) >= 11 is 1.54. The number of nitrogens with zero attached hydrogens (tertiary/aromatic N) is 4. The van der Waals surface area contributed by atoms with Gasteiger partial charge in [0.25, 0.3) is 0 Å². The van der Waals surface area contributed by atoms with Gasteiger partial charge in [0.15, 0.2) is 10.7 Å². The van der Waals surface area contributed by atoms with Crippen LogP contribution >= 0.6 is 11.3 Å². The number of nitrogens with one attached hydrogen (secondary N) is 1. The molecule has 4 rings (SSSR count). The highest BCUT2D eigenvalue weighted by atomic mass is 32.2. The summed E-state index contributed by atoms with van der Waals surface area (Å²) in [6.45, 7) is 4.16. The molecule has 11 heteroatoms. The Morgan fingerprint density at radius 1 is 1.36 bits per heavy atom. The predicted octanol–water partition coefficient (Wildman–Crippen LogP) is 1.72. The topological polar surface area (TPSA) is 110 Å². The quantitative estimate of drug-likeness (QED) is 0.669. The molecule has 4 heterocycles. The maximum atomic E-state index is 12.9. The Bertz CT molecular complexity index is 1060. The van der Waals surface area contributed by atoms with Crippen LogP contribution in [0.25, 0.3) is 4.96 Å². The maximum Gasteiger partial charge on any atom is 0.248 e. The van der Waals surface area contributed by atoms with E-state index in [4.69, 9.17) is 4.52 Å². The lowest BCUT2D eigenvalue weighted by molar-refractivity contribution is -0.126. The third-order valence-electron chi connectivity index (χ3n) is 4.98. The molecular weight excluding hydrogens is 402 g/mol. The minimum Gasteiger partial charge on any atom is -0.360 e. The molecule has 0 bridgehead atoms. The second kappa shape index (κ2) is 7.30. The number of rotatable bonds is 5. The van der Waals surface area contributed by atoms with E-state index in [1.807, 2.05) is 22.2 Å². The summed E-state index contributed by atoms with van der Waals surface area (Å²) in [6, 6.07) is 0. The molecule has 0 aliphatic carbocycles. The normalized spacial score (nSPS) is 16.6. The van der Waals surface area contributed by atoms with Crippen molar-refractivity contribution in [3.8, 4) is 0 Å². The summed E-state index contributed by atoms with van der Waals surface area (Å²) in [6.07, 6.45) is 4.78. The molecule has 28 heavy (non-hydrogen) atoms. The van der Waals surface area contributed by atoms with Crippen molar-refractivity contribution >= 4 is 32.2 Å². The van der Waals surface area contributed by atoms with Gasteiger partial charge in [-0.3, -0.25) is 9.20 Å². The molecule has 0 spiro atoms. The van der Waals surface area contributed by atoms with Gasteiger partial charge in [-0.2, -0.15) is 4.31 Å². The van der Waals surface area contributed by atoms with Gasteiger partial charge in [0, 0.05) is 36.8 Å². The molecule has 9 nitrogen and oxygen atoms in total. The van der Waals surface area contributed by atoms with Crippen molar-refractivity contribution in [3.05, 3.63) is 34.9 Å². The van der Waals surface area contributed by atoms with Gasteiger partial charge in [-0.1, -0.05) is 5.16 Å². The standard InChI is InChI=1S/C17H21N5O4S2/c1-11-15(12(2)26-20-11)28(24,25)22-5-3-13(4-6-22)16(23)18-9-14-10-21-7-8-27-17(21)19-14/h7-8,10,13H,3-6,9H2,1-2H3,(H,18,23). The number of aryl methyl sites for hydroxylation is 2. The molecule has 1 aliphatic rings. The van der Waals surface area contributed by atoms with Gasteiger partial charge in [0.1, 0.15) is 10.6 Å². The van der Waals surface area contributed by atoms with E-state index in [9.17, 15) is 13.2 Å². The van der Waals surface area contributed by atoms with Gasteiger partial charge < -0.3 is 9.84 Å². The van der Waals surface area contributed by atoms with E-state index in [1.165, 1.54) is 15.6 Å². The Balaban J connectivity index is 1.34. The molecule has 3 aromatic heterocycles. The molecule has 1 saturated heterocycles. The number of carbonyl (C=O) groups is 1. The lowest BCUT2D eigenvalue weighted by Gasteiger charge is -2.30. The van der Waals surface area contributed by atoms with E-state index in [0.29, 0.717) is 38.2 Å². The number of aromatic nitrogens is 3. The van der Waals surface area contributed by atoms with Gasteiger partial charge in [-0.15, -0.1) is 11.3 Å². The Morgan fingerprint density at radius 2 is 2.11 bits per heavy atom. The number of fused-ring (bicyclic) bond motifs is 1. The largest absolute Gasteiger partial charge is 0.360 e. The highest BCUT2D eigenvalue weighted by Crippen LogP contribution is 2.27. The highest BCUT2D eigenvalue weighted by molar-refractivity contribution is 7.89. The first kappa shape index (κ1) is 19.1. The zero-order valence-corrected chi connectivity index (χ0v) is 17.2. The van der Waals surface area contributed by atoms with Gasteiger partial charge in [0.05, 0.1) is 12.2 Å². The van der Waals surface area contributed by atoms with Crippen LogP contribution in [0.4, 0.5) is 0 Å². The molecule has 1 fully saturated rings. The van der Waals surface area contributed by atoms with Crippen molar-refractivity contribution in [1.82, 2.24) is 24.2 Å². The summed E-state index contributed by atoms with van der Waals surface area (Å²) in [5.41, 5.74) is 1.16. The van der Waals surface area contributed by atoms with E-state index in [-0.39, 0.29) is 22.5 Å². The van der Waals surface area contributed by atoms with Crippen molar-refractivity contribution in [3.63, 3.8) is 0 Å². The second-order valence-electron chi connectivity index (χ2n) is 6.87. The molecule has 1 amide bonds. The third kappa shape index (κ3) is 3.45. The third-order valence-corrected chi connectivity index (χ3v) is 7.89. The first-order chi connectivity index (χ1) is 13.4. The van der Waals surface area contributed by atoms with E-state index in [2.05, 4.69) is 15.5 Å². The molecule has 0 aromatic carbocycles. The van der Waals surface area contributed by atoms with E-state index < -0.39 is 10.0 Å². The number of sulfonamides is 1. The van der Waals surface area contributed by atoms with Crippen molar-refractivity contribution in [2.45, 2.75) is 38.1 Å². The maximum absolute atomic E-state index is 12.9. The summed E-state index contributed by atoms with van der Waals surface area (Å²) in [5, 5.41) is 8.60. The van der Waals surface area contributed by atoms with Crippen LogP contribution in [0.3, 0.4) is 0 Å². The van der Waals surface area contributed by atoms with Crippen LogP contribution in [-0.4, -0.2) is 46.3 Å². The Hall–Kier alpha value is -2.24. The summed E-state index contributed by atoms with van der Waals surface area (Å²) in [7, 11) is -3.66. The molecule has 150 valence electrons. The molecule has 3 aromatic rings. The number of hydrogen-bond acceptors (Lipinski definition) is 7. The number of hydrogen-bond donors (Lipinski definition) is 1. The average Bonchev–Trinajstić information content (AvgIpc) is 3.35. The molecule has 1 aliphatic heterocycles. The van der Waals surface area contributed by atoms with Gasteiger partial charge >= 0.3 is 0 Å². The predicted molar refractivity (Wildman–Crippen MR) is 102 cm³/mol. The van der Waals surface area contributed by atoms with Crippen LogP contribution in [0.15, 0.2) is 27.2 Å². The summed E-state index contributed by atoms with van der Waals surface area (Å²) in [5.74, 6) is 0.0166. The molecule has 1 N–H and O–H groups in total. The minimum atomic E-state index is -3.66. The lowest BCUT2D eigenvalue weighted by Crippen LogP contribution is -2.43. The van der Waals surface area contributed by atoms with Crippen molar-refractivity contribution < 1.29 is 17.7 Å². The Kier molecular flexibility index (Phi) is 4.98. The second-order valence-corrected chi connectivity index (χ2v) is 9.62. The molecule has 0 saturated carbocycles. The highest BCUT2D eigenvalue weighted by Gasteiger charge is 2.35. The fourth-order valence-corrected chi connectivity index (χ4v) is 5.99. The van der Waals surface area contributed by atoms with Crippen molar-refractivity contribution in [1.29, 1.82) is 0 Å². The SMILES string of the molecule is Cc1noc(C)c1S(=O)(=O)N1CCC(C(=O)NCc2cn3ccsc3n2)CC1. The monoisotopic (exact) mass is 423 g/mol. The first-order valence-corrected chi connectivity index (χ1v) is 11.3. The lowest BCUT2D eigenvalue weighted by atomic mass is 9.97. The Morgan fingerprint density at radius 3 is 2.75 bits per heavy atom. The summed E-state index contributed by atoms with van der Waals surface area (Å²) in [4.78, 5) is 18.0. The average molecular weight is 424 g/mol. The van der Waals surface area contributed by atoms with E-state index in [1.54, 1.807) is 13.8 Å². The van der Waals surface area contributed by atoms with Crippen LogP contribution in [0.1, 0.15) is 30.0 Å². The van der Waals surface area contributed by atoms with E-state index in [0.717, 1.165) is 10.7 Å². The van der Waals surface area contributed by atoms with Crippen LogP contribution in [0, 0.1) is 19.8 Å². The molecule has 0 radical (unpaired) electrons. The molecular formula is C17H21N5O4S2. The number of piperidine rings is 1.